The summed E-state index contributed by atoms with van der Waals surface area (Å²) in [5.74, 6) is -1.68. The van der Waals surface area contributed by atoms with E-state index in [1.807, 2.05) is 13.0 Å². The average molecular weight is 247 g/mol. The van der Waals surface area contributed by atoms with Crippen LogP contribution in [0.25, 0.3) is 0 Å². The molecular weight excluding hydrogens is 237 g/mol. The molecule has 0 bridgehead atoms. The maximum Gasteiger partial charge on any atom is 0.341 e. The van der Waals surface area contributed by atoms with E-state index in [9.17, 15) is 9.18 Å². The summed E-state index contributed by atoms with van der Waals surface area (Å²) >= 11 is 0. The Hall–Kier alpha value is -2.43. The lowest BCUT2D eigenvalue weighted by molar-refractivity contribution is 0.0692. The number of carbonyl (C=O) groups is 1. The van der Waals surface area contributed by atoms with Crippen LogP contribution < -0.4 is 4.74 Å². The molecule has 0 aliphatic heterocycles. The normalized spacial score (nSPS) is 10.1. The Balaban J connectivity index is 2.37. The third-order valence-corrected chi connectivity index (χ3v) is 2.25. The Bertz CT molecular complexity index is 599. The monoisotopic (exact) mass is 247 g/mol. The van der Waals surface area contributed by atoms with Crippen molar-refractivity contribution in [2.75, 3.05) is 0 Å². The molecule has 1 heterocycles. The first-order valence-electron chi connectivity index (χ1n) is 5.19. The first-order chi connectivity index (χ1) is 8.56. The number of halogens is 1. The zero-order chi connectivity index (χ0) is 13.1. The smallest absolute Gasteiger partial charge is 0.341 e. The van der Waals surface area contributed by atoms with Crippen molar-refractivity contribution in [2.45, 2.75) is 6.92 Å². The maximum atomic E-state index is 12.9. The number of carboxylic acid groups (broad SMARTS) is 1. The highest BCUT2D eigenvalue weighted by Gasteiger charge is 2.15. The zero-order valence-corrected chi connectivity index (χ0v) is 9.55. The molecule has 0 amide bonds. The van der Waals surface area contributed by atoms with Gasteiger partial charge < -0.3 is 9.84 Å². The molecule has 2 aromatic rings. The van der Waals surface area contributed by atoms with Crippen LogP contribution >= 0.6 is 0 Å². The van der Waals surface area contributed by atoms with Gasteiger partial charge in [0.2, 0.25) is 5.88 Å². The quantitative estimate of drug-likeness (QED) is 0.905. The van der Waals surface area contributed by atoms with Crippen LogP contribution in [0.1, 0.15) is 15.9 Å². The van der Waals surface area contributed by atoms with Crippen molar-refractivity contribution in [3.8, 4) is 11.6 Å². The third kappa shape index (κ3) is 2.63. The fraction of sp³-hybridized carbons (Fsp3) is 0.0769. The van der Waals surface area contributed by atoms with E-state index in [4.69, 9.17) is 9.84 Å². The summed E-state index contributed by atoms with van der Waals surface area (Å²) in [5.41, 5.74) is 0.656. The van der Waals surface area contributed by atoms with Crippen LogP contribution in [0.4, 0.5) is 4.39 Å². The number of aromatic nitrogens is 1. The molecule has 0 fully saturated rings. The predicted octanol–water partition coefficient (Wildman–Crippen LogP) is 3.02. The Labute approximate surface area is 103 Å². The molecule has 1 aromatic carbocycles. The van der Waals surface area contributed by atoms with Gasteiger partial charge >= 0.3 is 5.97 Å². The molecule has 5 heteroatoms. The summed E-state index contributed by atoms with van der Waals surface area (Å²) in [4.78, 5) is 14.6. The van der Waals surface area contributed by atoms with E-state index in [0.29, 0.717) is 5.75 Å². The van der Waals surface area contributed by atoms with Gasteiger partial charge in [0.05, 0.1) is 6.20 Å². The SMILES string of the molecule is Cc1cccc(Oc2ncc(F)cc2C(=O)O)c1. The summed E-state index contributed by atoms with van der Waals surface area (Å²) in [5, 5.41) is 8.94. The van der Waals surface area contributed by atoms with Crippen molar-refractivity contribution in [2.24, 2.45) is 0 Å². The number of hydrogen-bond donors (Lipinski definition) is 1. The van der Waals surface area contributed by atoms with E-state index >= 15 is 0 Å². The number of rotatable bonds is 3. The lowest BCUT2D eigenvalue weighted by Gasteiger charge is -2.07. The van der Waals surface area contributed by atoms with Crippen LogP contribution in [0, 0.1) is 12.7 Å². The number of benzene rings is 1. The second kappa shape index (κ2) is 4.83. The molecule has 0 saturated carbocycles. The van der Waals surface area contributed by atoms with Crippen molar-refractivity contribution in [3.05, 3.63) is 53.5 Å². The number of aryl methyl sites for hydroxylation is 1. The van der Waals surface area contributed by atoms with Gasteiger partial charge in [-0.15, -0.1) is 0 Å². The second-order valence-corrected chi connectivity index (χ2v) is 3.73. The standard InChI is InChI=1S/C13H10FNO3/c1-8-3-2-4-10(5-8)18-12-11(13(16)17)6-9(14)7-15-12/h2-7H,1H3,(H,16,17). The van der Waals surface area contributed by atoms with Gasteiger partial charge in [0.25, 0.3) is 0 Å². The fourth-order valence-electron chi connectivity index (χ4n) is 1.45. The number of pyridine rings is 1. The number of aromatic carboxylic acids is 1. The second-order valence-electron chi connectivity index (χ2n) is 3.73. The van der Waals surface area contributed by atoms with Gasteiger partial charge in [0.15, 0.2) is 0 Å². The first-order valence-corrected chi connectivity index (χ1v) is 5.19. The molecule has 0 aliphatic rings. The molecule has 92 valence electrons. The maximum absolute atomic E-state index is 12.9. The molecule has 0 atom stereocenters. The lowest BCUT2D eigenvalue weighted by Crippen LogP contribution is -2.03. The molecule has 0 aliphatic carbocycles. The number of ether oxygens (including phenoxy) is 1. The molecule has 1 N–H and O–H groups in total. The Morgan fingerprint density at radius 2 is 2.17 bits per heavy atom. The summed E-state index contributed by atoms with van der Waals surface area (Å²) in [6.45, 7) is 1.88. The van der Waals surface area contributed by atoms with Gasteiger partial charge in [0, 0.05) is 0 Å². The van der Waals surface area contributed by atoms with Gasteiger partial charge in [0.1, 0.15) is 17.1 Å². The van der Waals surface area contributed by atoms with E-state index in [1.54, 1.807) is 18.2 Å². The van der Waals surface area contributed by atoms with Gasteiger partial charge in [-0.25, -0.2) is 14.2 Å². The third-order valence-electron chi connectivity index (χ3n) is 2.25. The number of carboxylic acids is 1. The fourth-order valence-corrected chi connectivity index (χ4v) is 1.45. The molecule has 0 radical (unpaired) electrons. The predicted molar refractivity (Wildman–Crippen MR) is 62.4 cm³/mol. The molecule has 0 saturated heterocycles. The summed E-state index contributed by atoms with van der Waals surface area (Å²) in [6, 6.07) is 7.93. The lowest BCUT2D eigenvalue weighted by atomic mass is 10.2. The first kappa shape index (κ1) is 12.0. The largest absolute Gasteiger partial charge is 0.477 e. The minimum Gasteiger partial charge on any atom is -0.477 e. The Morgan fingerprint density at radius 3 is 2.83 bits per heavy atom. The van der Waals surface area contributed by atoms with Crippen molar-refractivity contribution in [1.82, 2.24) is 4.98 Å². The van der Waals surface area contributed by atoms with E-state index in [2.05, 4.69) is 4.98 Å². The van der Waals surface area contributed by atoms with E-state index in [1.165, 1.54) is 0 Å². The van der Waals surface area contributed by atoms with Crippen LogP contribution in [-0.4, -0.2) is 16.1 Å². The molecule has 2 rings (SSSR count). The molecule has 18 heavy (non-hydrogen) atoms. The van der Waals surface area contributed by atoms with E-state index in [0.717, 1.165) is 17.8 Å². The van der Waals surface area contributed by atoms with Crippen molar-refractivity contribution < 1.29 is 19.0 Å². The number of hydrogen-bond acceptors (Lipinski definition) is 3. The molecule has 0 unspecified atom stereocenters. The highest BCUT2D eigenvalue weighted by Crippen LogP contribution is 2.24. The zero-order valence-electron chi connectivity index (χ0n) is 9.55. The minimum atomic E-state index is -1.29. The summed E-state index contributed by atoms with van der Waals surface area (Å²) in [6.07, 6.45) is 0.914. The van der Waals surface area contributed by atoms with Crippen LogP contribution in [0.5, 0.6) is 11.6 Å². The van der Waals surface area contributed by atoms with Crippen LogP contribution in [0.3, 0.4) is 0 Å². The van der Waals surface area contributed by atoms with Crippen molar-refractivity contribution >= 4 is 5.97 Å². The van der Waals surface area contributed by atoms with E-state index < -0.39 is 11.8 Å². The molecule has 1 aromatic heterocycles. The van der Waals surface area contributed by atoms with Gasteiger partial charge in [-0.1, -0.05) is 12.1 Å². The van der Waals surface area contributed by atoms with Crippen LogP contribution in [0.2, 0.25) is 0 Å². The van der Waals surface area contributed by atoms with Gasteiger partial charge in [-0.05, 0) is 30.7 Å². The van der Waals surface area contributed by atoms with Crippen molar-refractivity contribution in [3.63, 3.8) is 0 Å². The summed E-state index contributed by atoms with van der Waals surface area (Å²) < 4.78 is 18.3. The Kier molecular flexibility index (Phi) is 3.23. The highest BCUT2D eigenvalue weighted by atomic mass is 19.1. The average Bonchev–Trinajstić information content (AvgIpc) is 2.31. The molecule has 4 nitrogen and oxygen atoms in total. The van der Waals surface area contributed by atoms with Crippen LogP contribution in [-0.2, 0) is 0 Å². The van der Waals surface area contributed by atoms with E-state index in [-0.39, 0.29) is 11.4 Å². The molecular formula is C13H10FNO3. The minimum absolute atomic E-state index is 0.130. The molecule has 0 spiro atoms. The number of nitrogens with zero attached hydrogens (tertiary/aromatic N) is 1. The Morgan fingerprint density at radius 1 is 1.39 bits per heavy atom. The van der Waals surface area contributed by atoms with Gasteiger partial charge in [-0.3, -0.25) is 0 Å². The van der Waals surface area contributed by atoms with Gasteiger partial charge in [-0.2, -0.15) is 0 Å². The summed E-state index contributed by atoms with van der Waals surface area (Å²) in [7, 11) is 0. The topological polar surface area (TPSA) is 59.4 Å². The highest BCUT2D eigenvalue weighted by molar-refractivity contribution is 5.90. The van der Waals surface area contributed by atoms with Crippen molar-refractivity contribution in [1.29, 1.82) is 0 Å². The van der Waals surface area contributed by atoms with Crippen LogP contribution in [0.15, 0.2) is 36.5 Å².